The van der Waals surface area contributed by atoms with Gasteiger partial charge < -0.3 is 4.74 Å². The topological polar surface area (TPSA) is 137 Å². The lowest BCUT2D eigenvalue weighted by Crippen LogP contribution is -2.20. The number of hydrogen-bond acceptors (Lipinski definition) is 7. The number of methoxy groups -OCH3 is 1. The molecule has 0 atom stereocenters. The second-order valence-corrected chi connectivity index (χ2v) is 5.04. The van der Waals surface area contributed by atoms with E-state index >= 15 is 0 Å². The van der Waals surface area contributed by atoms with Crippen LogP contribution in [-0.4, -0.2) is 29.1 Å². The molecule has 134 valence electrons. The Bertz CT molecular complexity index is 881. The summed E-state index contributed by atoms with van der Waals surface area (Å²) in [6.45, 7) is 0. The van der Waals surface area contributed by atoms with Gasteiger partial charge in [0.2, 0.25) is 5.91 Å². The highest BCUT2D eigenvalue weighted by Gasteiger charge is 2.15. The molecular formula is C16H14N4O6. The summed E-state index contributed by atoms with van der Waals surface area (Å²) < 4.78 is 5.07. The third-order valence-electron chi connectivity index (χ3n) is 3.36. The van der Waals surface area contributed by atoms with Crippen LogP contribution in [-0.2, 0) is 11.2 Å². The zero-order chi connectivity index (χ0) is 19.1. The number of rotatable bonds is 7. The van der Waals surface area contributed by atoms with Gasteiger partial charge in [-0.05, 0) is 6.07 Å². The van der Waals surface area contributed by atoms with Crippen molar-refractivity contribution in [1.82, 2.24) is 5.43 Å². The number of nitro groups is 2. The van der Waals surface area contributed by atoms with E-state index in [-0.39, 0.29) is 23.4 Å². The Kier molecular flexibility index (Phi) is 5.93. The van der Waals surface area contributed by atoms with E-state index in [1.807, 2.05) is 0 Å². The number of nitrogens with zero attached hydrogens (tertiary/aromatic N) is 3. The van der Waals surface area contributed by atoms with Crippen LogP contribution in [0.4, 0.5) is 11.4 Å². The van der Waals surface area contributed by atoms with Gasteiger partial charge in [0.05, 0.1) is 29.6 Å². The Morgan fingerprint density at radius 2 is 1.92 bits per heavy atom. The fraction of sp³-hybridized carbons (Fsp3) is 0.125. The highest BCUT2D eigenvalue weighted by atomic mass is 16.6. The van der Waals surface area contributed by atoms with Crippen molar-refractivity contribution in [1.29, 1.82) is 0 Å². The monoisotopic (exact) mass is 358 g/mol. The second kappa shape index (κ2) is 8.33. The van der Waals surface area contributed by atoms with E-state index in [2.05, 4.69) is 10.5 Å². The van der Waals surface area contributed by atoms with Crippen molar-refractivity contribution in [3.05, 3.63) is 73.8 Å². The van der Waals surface area contributed by atoms with Gasteiger partial charge in [0.15, 0.2) is 0 Å². The van der Waals surface area contributed by atoms with Crippen LogP contribution in [0.5, 0.6) is 5.75 Å². The van der Waals surface area contributed by atoms with Crippen molar-refractivity contribution < 1.29 is 19.4 Å². The molecule has 0 aliphatic rings. The Labute approximate surface area is 147 Å². The lowest BCUT2D eigenvalue weighted by Gasteiger charge is -2.04. The van der Waals surface area contributed by atoms with Crippen LogP contribution >= 0.6 is 0 Å². The summed E-state index contributed by atoms with van der Waals surface area (Å²) in [7, 11) is 1.39. The fourth-order valence-corrected chi connectivity index (χ4v) is 2.16. The number of amides is 1. The summed E-state index contributed by atoms with van der Waals surface area (Å²) in [6, 6.07) is 9.82. The molecule has 10 nitrogen and oxygen atoms in total. The SMILES string of the molecule is COc1ccc([N+](=O)[O-])cc1C=NNC(=O)Cc1ccccc1[N+](=O)[O-]. The van der Waals surface area contributed by atoms with Crippen molar-refractivity contribution in [3.63, 3.8) is 0 Å². The highest BCUT2D eigenvalue weighted by molar-refractivity contribution is 5.86. The maximum absolute atomic E-state index is 11.9. The van der Waals surface area contributed by atoms with E-state index in [4.69, 9.17) is 4.74 Å². The smallest absolute Gasteiger partial charge is 0.273 e. The number of benzene rings is 2. The van der Waals surface area contributed by atoms with Crippen LogP contribution in [0.3, 0.4) is 0 Å². The summed E-state index contributed by atoms with van der Waals surface area (Å²) in [4.78, 5) is 32.5. The Morgan fingerprint density at radius 1 is 1.19 bits per heavy atom. The van der Waals surface area contributed by atoms with Crippen LogP contribution in [0, 0.1) is 20.2 Å². The van der Waals surface area contributed by atoms with E-state index in [1.54, 1.807) is 6.07 Å². The van der Waals surface area contributed by atoms with Gasteiger partial charge in [-0.1, -0.05) is 18.2 Å². The van der Waals surface area contributed by atoms with Gasteiger partial charge in [-0.2, -0.15) is 5.10 Å². The number of nitrogens with one attached hydrogen (secondary N) is 1. The predicted molar refractivity (Wildman–Crippen MR) is 92.2 cm³/mol. The average molecular weight is 358 g/mol. The lowest BCUT2D eigenvalue weighted by atomic mass is 10.1. The molecule has 1 N–H and O–H groups in total. The summed E-state index contributed by atoms with van der Waals surface area (Å²) in [5.41, 5.74) is 2.46. The van der Waals surface area contributed by atoms with Crippen molar-refractivity contribution in [2.75, 3.05) is 7.11 Å². The molecule has 0 radical (unpaired) electrons. The van der Waals surface area contributed by atoms with Crippen molar-refractivity contribution >= 4 is 23.5 Å². The quantitative estimate of drug-likeness (QED) is 0.457. The first-order chi connectivity index (χ1) is 12.4. The van der Waals surface area contributed by atoms with Gasteiger partial charge in [0, 0.05) is 29.3 Å². The number of ether oxygens (including phenoxy) is 1. The predicted octanol–water partition coefficient (Wildman–Crippen LogP) is 2.20. The maximum atomic E-state index is 11.9. The number of para-hydroxylation sites is 1. The van der Waals surface area contributed by atoms with Crippen molar-refractivity contribution in [2.24, 2.45) is 5.10 Å². The molecule has 0 bridgehead atoms. The van der Waals surface area contributed by atoms with E-state index in [0.717, 1.165) is 0 Å². The molecule has 0 aliphatic carbocycles. The van der Waals surface area contributed by atoms with Gasteiger partial charge in [-0.25, -0.2) is 5.43 Å². The molecule has 0 fully saturated rings. The standard InChI is InChI=1S/C16H14N4O6/c1-26-15-7-6-13(19(22)23)8-12(15)10-17-18-16(21)9-11-4-2-3-5-14(11)20(24)25/h2-8,10H,9H2,1H3,(H,18,21). The number of carbonyl (C=O) groups excluding carboxylic acids is 1. The van der Waals surface area contributed by atoms with Gasteiger partial charge in [0.25, 0.3) is 11.4 Å². The molecule has 26 heavy (non-hydrogen) atoms. The summed E-state index contributed by atoms with van der Waals surface area (Å²) in [5.74, 6) is -0.229. The Balaban J connectivity index is 2.09. The summed E-state index contributed by atoms with van der Waals surface area (Å²) in [6.07, 6.45) is 0.962. The fourth-order valence-electron chi connectivity index (χ4n) is 2.16. The van der Waals surface area contributed by atoms with Gasteiger partial charge in [-0.3, -0.25) is 25.0 Å². The van der Waals surface area contributed by atoms with E-state index in [1.165, 1.54) is 49.7 Å². The van der Waals surface area contributed by atoms with Crippen LogP contribution in [0.1, 0.15) is 11.1 Å². The molecule has 0 aromatic heterocycles. The minimum atomic E-state index is -0.570. The third-order valence-corrected chi connectivity index (χ3v) is 3.36. The number of hydrogen-bond donors (Lipinski definition) is 1. The molecular weight excluding hydrogens is 344 g/mol. The molecule has 0 spiro atoms. The zero-order valence-corrected chi connectivity index (χ0v) is 13.6. The average Bonchev–Trinajstić information content (AvgIpc) is 2.61. The maximum Gasteiger partial charge on any atom is 0.273 e. The molecule has 0 saturated carbocycles. The molecule has 1 amide bonds. The van der Waals surface area contributed by atoms with Crippen LogP contribution in [0.15, 0.2) is 47.6 Å². The molecule has 0 aliphatic heterocycles. The van der Waals surface area contributed by atoms with E-state index in [9.17, 15) is 25.0 Å². The van der Waals surface area contributed by atoms with Crippen molar-refractivity contribution in [3.8, 4) is 5.75 Å². The van der Waals surface area contributed by atoms with Gasteiger partial charge in [-0.15, -0.1) is 0 Å². The molecule has 10 heteroatoms. The Hall–Kier alpha value is -3.82. The van der Waals surface area contributed by atoms with Crippen LogP contribution in [0.25, 0.3) is 0 Å². The normalized spacial score (nSPS) is 10.5. The largest absolute Gasteiger partial charge is 0.496 e. The first-order valence-electron chi connectivity index (χ1n) is 7.29. The van der Waals surface area contributed by atoms with E-state index in [0.29, 0.717) is 11.3 Å². The molecule has 0 saturated heterocycles. The molecule has 0 heterocycles. The molecule has 0 unspecified atom stereocenters. The molecule has 2 aromatic carbocycles. The van der Waals surface area contributed by atoms with E-state index < -0.39 is 15.8 Å². The number of nitro benzene ring substituents is 2. The highest BCUT2D eigenvalue weighted by Crippen LogP contribution is 2.22. The molecule has 2 rings (SSSR count). The number of non-ortho nitro benzene ring substituents is 1. The molecule has 2 aromatic rings. The summed E-state index contributed by atoms with van der Waals surface area (Å²) in [5, 5.41) is 25.5. The minimum Gasteiger partial charge on any atom is -0.496 e. The zero-order valence-electron chi connectivity index (χ0n) is 13.6. The number of carbonyl (C=O) groups is 1. The second-order valence-electron chi connectivity index (χ2n) is 5.04. The van der Waals surface area contributed by atoms with Crippen LogP contribution in [0.2, 0.25) is 0 Å². The van der Waals surface area contributed by atoms with Gasteiger partial charge in [0.1, 0.15) is 5.75 Å². The first kappa shape index (κ1) is 18.5. The van der Waals surface area contributed by atoms with Gasteiger partial charge >= 0.3 is 0 Å². The lowest BCUT2D eigenvalue weighted by molar-refractivity contribution is -0.385. The van der Waals surface area contributed by atoms with Crippen LogP contribution < -0.4 is 10.2 Å². The number of hydrazone groups is 1. The van der Waals surface area contributed by atoms with Crippen molar-refractivity contribution in [2.45, 2.75) is 6.42 Å². The summed E-state index contributed by atoms with van der Waals surface area (Å²) >= 11 is 0. The first-order valence-corrected chi connectivity index (χ1v) is 7.29. The minimum absolute atomic E-state index is 0.154. The third kappa shape index (κ3) is 4.60. The Morgan fingerprint density at radius 3 is 2.58 bits per heavy atom.